The molecule has 0 saturated heterocycles. The summed E-state index contributed by atoms with van der Waals surface area (Å²) >= 11 is 7.63. The number of halogens is 1. The maximum atomic E-state index is 12.3. The van der Waals surface area contributed by atoms with E-state index in [0.717, 1.165) is 21.9 Å². The number of amides is 2. The van der Waals surface area contributed by atoms with Crippen LogP contribution in [0.25, 0.3) is 11.0 Å². The van der Waals surface area contributed by atoms with E-state index >= 15 is 0 Å². The Balaban J connectivity index is 1.39. The van der Waals surface area contributed by atoms with Crippen LogP contribution in [0.5, 0.6) is 0 Å². The van der Waals surface area contributed by atoms with Gasteiger partial charge in [-0.2, -0.15) is 0 Å². The van der Waals surface area contributed by atoms with Crippen LogP contribution in [0.1, 0.15) is 27.1 Å². The third-order valence-electron chi connectivity index (χ3n) is 4.44. The van der Waals surface area contributed by atoms with Crippen molar-refractivity contribution in [3.8, 4) is 0 Å². The number of imide groups is 1. The number of hydrogen-bond donors (Lipinski definition) is 0. The van der Waals surface area contributed by atoms with Gasteiger partial charge in [-0.15, -0.1) is 0 Å². The van der Waals surface area contributed by atoms with Gasteiger partial charge in [0.25, 0.3) is 11.8 Å². The van der Waals surface area contributed by atoms with Gasteiger partial charge in [0, 0.05) is 24.4 Å². The second-order valence-corrected chi connectivity index (χ2v) is 7.59. The van der Waals surface area contributed by atoms with Crippen LogP contribution in [-0.4, -0.2) is 38.6 Å². The molecule has 2 aromatic carbocycles. The zero-order valence-electron chi connectivity index (χ0n) is 14.1. The van der Waals surface area contributed by atoms with Crippen molar-refractivity contribution in [2.24, 2.45) is 7.05 Å². The fourth-order valence-electron chi connectivity index (χ4n) is 3.11. The van der Waals surface area contributed by atoms with Crippen LogP contribution < -0.4 is 0 Å². The first-order valence-electron chi connectivity index (χ1n) is 8.26. The minimum Gasteiger partial charge on any atom is -0.322 e. The Bertz CT molecular complexity index is 996. The van der Waals surface area contributed by atoms with Gasteiger partial charge in [0.2, 0.25) is 0 Å². The number of fused-ring (bicyclic) bond motifs is 2. The van der Waals surface area contributed by atoms with Crippen molar-refractivity contribution in [2.75, 3.05) is 12.3 Å². The zero-order chi connectivity index (χ0) is 18.3. The van der Waals surface area contributed by atoms with E-state index in [1.54, 1.807) is 36.0 Å². The van der Waals surface area contributed by atoms with Crippen molar-refractivity contribution in [3.05, 3.63) is 58.6 Å². The average Bonchev–Trinajstić information content (AvgIpc) is 3.07. The van der Waals surface area contributed by atoms with Gasteiger partial charge in [0.15, 0.2) is 5.16 Å². The molecule has 0 aliphatic carbocycles. The molecule has 132 valence electrons. The zero-order valence-corrected chi connectivity index (χ0v) is 15.7. The van der Waals surface area contributed by atoms with Crippen molar-refractivity contribution in [3.63, 3.8) is 0 Å². The van der Waals surface area contributed by atoms with E-state index in [9.17, 15) is 9.59 Å². The molecule has 4 rings (SSSR count). The van der Waals surface area contributed by atoms with Crippen LogP contribution in [0, 0.1) is 0 Å². The molecule has 0 fully saturated rings. The Labute approximate surface area is 160 Å². The molecule has 2 heterocycles. The van der Waals surface area contributed by atoms with E-state index in [-0.39, 0.29) is 11.8 Å². The molecule has 0 N–H and O–H groups in total. The highest BCUT2D eigenvalue weighted by Gasteiger charge is 2.34. The first-order chi connectivity index (χ1) is 12.6. The molecular weight excluding hydrogens is 370 g/mol. The lowest BCUT2D eigenvalue weighted by Crippen LogP contribution is -2.31. The lowest BCUT2D eigenvalue weighted by atomic mass is 10.1. The molecule has 0 saturated carbocycles. The molecule has 7 heteroatoms. The fraction of sp³-hybridized carbons (Fsp3) is 0.211. The largest absolute Gasteiger partial charge is 0.322 e. The number of imidazole rings is 1. The van der Waals surface area contributed by atoms with Crippen molar-refractivity contribution in [1.29, 1.82) is 0 Å². The van der Waals surface area contributed by atoms with E-state index in [4.69, 9.17) is 11.6 Å². The standard InChI is InChI=1S/C19H16ClN3O2S/c1-22-16-8-7-12(20)11-15(16)21-19(22)26-10-4-9-23-17(24)13-5-2-3-6-14(13)18(23)25/h2-3,5-8,11H,4,9-10H2,1H3. The molecule has 0 atom stereocenters. The van der Waals surface area contributed by atoms with Crippen LogP contribution >= 0.6 is 23.4 Å². The second kappa shape index (κ2) is 6.78. The number of aryl methyl sites for hydroxylation is 1. The van der Waals surface area contributed by atoms with Crippen LogP contribution in [0.4, 0.5) is 0 Å². The van der Waals surface area contributed by atoms with Crippen LogP contribution in [0.2, 0.25) is 5.02 Å². The van der Waals surface area contributed by atoms with Gasteiger partial charge < -0.3 is 4.57 Å². The normalized spacial score (nSPS) is 13.7. The molecule has 0 unspecified atom stereocenters. The summed E-state index contributed by atoms with van der Waals surface area (Å²) in [6.07, 6.45) is 0.708. The summed E-state index contributed by atoms with van der Waals surface area (Å²) in [6, 6.07) is 12.6. The molecule has 3 aromatic rings. The lowest BCUT2D eigenvalue weighted by Gasteiger charge is -2.13. The van der Waals surface area contributed by atoms with Crippen molar-refractivity contribution >= 4 is 46.2 Å². The summed E-state index contributed by atoms with van der Waals surface area (Å²) in [5.41, 5.74) is 2.88. The maximum Gasteiger partial charge on any atom is 0.261 e. The van der Waals surface area contributed by atoms with Crippen LogP contribution in [0.3, 0.4) is 0 Å². The number of nitrogens with zero attached hydrogens (tertiary/aromatic N) is 3. The molecule has 1 aromatic heterocycles. The number of carbonyl (C=O) groups is 2. The van der Waals surface area contributed by atoms with Gasteiger partial charge in [-0.05, 0) is 36.8 Å². The Morgan fingerprint density at radius 3 is 2.46 bits per heavy atom. The first kappa shape index (κ1) is 17.1. The summed E-state index contributed by atoms with van der Waals surface area (Å²) in [5.74, 6) is 0.360. The number of rotatable bonds is 5. The van der Waals surface area contributed by atoms with Crippen LogP contribution in [-0.2, 0) is 7.05 Å². The van der Waals surface area contributed by atoms with Gasteiger partial charge >= 0.3 is 0 Å². The number of carbonyl (C=O) groups excluding carboxylic acids is 2. The maximum absolute atomic E-state index is 12.3. The van der Waals surface area contributed by atoms with Gasteiger partial charge in [-0.1, -0.05) is 35.5 Å². The lowest BCUT2D eigenvalue weighted by molar-refractivity contribution is 0.0655. The Morgan fingerprint density at radius 2 is 1.77 bits per heavy atom. The Kier molecular flexibility index (Phi) is 4.46. The van der Waals surface area contributed by atoms with E-state index in [2.05, 4.69) is 4.98 Å². The number of hydrogen-bond acceptors (Lipinski definition) is 4. The molecule has 0 radical (unpaired) electrons. The fourth-order valence-corrected chi connectivity index (χ4v) is 4.19. The summed E-state index contributed by atoms with van der Waals surface area (Å²) in [4.78, 5) is 30.6. The Hall–Kier alpha value is -2.31. The third kappa shape index (κ3) is 2.89. The highest BCUT2D eigenvalue weighted by Crippen LogP contribution is 2.26. The average molecular weight is 386 g/mol. The van der Waals surface area contributed by atoms with E-state index in [1.165, 1.54) is 4.90 Å². The number of benzene rings is 2. The highest BCUT2D eigenvalue weighted by atomic mass is 35.5. The molecule has 1 aliphatic rings. The first-order valence-corrected chi connectivity index (χ1v) is 9.62. The molecule has 1 aliphatic heterocycles. The second-order valence-electron chi connectivity index (χ2n) is 6.10. The molecule has 0 bridgehead atoms. The summed E-state index contributed by atoms with van der Waals surface area (Å²) in [5, 5.41) is 1.56. The van der Waals surface area contributed by atoms with E-state index < -0.39 is 0 Å². The van der Waals surface area contributed by atoms with Gasteiger partial charge in [0.1, 0.15) is 0 Å². The highest BCUT2D eigenvalue weighted by molar-refractivity contribution is 7.99. The van der Waals surface area contributed by atoms with Crippen molar-refractivity contribution in [2.45, 2.75) is 11.6 Å². The topological polar surface area (TPSA) is 55.2 Å². The molecular formula is C19H16ClN3O2S. The number of aromatic nitrogens is 2. The number of thioether (sulfide) groups is 1. The Morgan fingerprint density at radius 1 is 1.08 bits per heavy atom. The van der Waals surface area contributed by atoms with Gasteiger partial charge in [0.05, 0.1) is 22.2 Å². The molecule has 2 amide bonds. The minimum atomic E-state index is -0.201. The summed E-state index contributed by atoms with van der Waals surface area (Å²) < 4.78 is 2.03. The smallest absolute Gasteiger partial charge is 0.261 e. The monoisotopic (exact) mass is 385 g/mol. The third-order valence-corrected chi connectivity index (χ3v) is 5.79. The quantitative estimate of drug-likeness (QED) is 0.378. The van der Waals surface area contributed by atoms with E-state index in [1.807, 2.05) is 29.8 Å². The van der Waals surface area contributed by atoms with Crippen LogP contribution in [0.15, 0.2) is 47.6 Å². The summed E-state index contributed by atoms with van der Waals surface area (Å²) in [6.45, 7) is 0.412. The van der Waals surface area contributed by atoms with E-state index in [0.29, 0.717) is 29.1 Å². The predicted molar refractivity (Wildman–Crippen MR) is 103 cm³/mol. The molecule has 0 spiro atoms. The minimum absolute atomic E-state index is 0.201. The van der Waals surface area contributed by atoms with Gasteiger partial charge in [-0.25, -0.2) is 4.98 Å². The predicted octanol–water partition coefficient (Wildman–Crippen LogP) is 4.01. The van der Waals surface area contributed by atoms with Gasteiger partial charge in [-0.3, -0.25) is 14.5 Å². The SMILES string of the molecule is Cn1c(SCCCN2C(=O)c3ccccc3C2=O)nc2cc(Cl)ccc21. The van der Waals surface area contributed by atoms with Crippen molar-refractivity contribution in [1.82, 2.24) is 14.5 Å². The molecule has 5 nitrogen and oxygen atoms in total. The van der Waals surface area contributed by atoms with Crippen molar-refractivity contribution < 1.29 is 9.59 Å². The summed E-state index contributed by atoms with van der Waals surface area (Å²) in [7, 11) is 1.97. The molecule has 26 heavy (non-hydrogen) atoms.